The van der Waals surface area contributed by atoms with Crippen molar-refractivity contribution in [1.29, 1.82) is 0 Å². The molecule has 1 heterocycles. The third-order valence-corrected chi connectivity index (χ3v) is 4.88. The van der Waals surface area contributed by atoms with Crippen molar-refractivity contribution in [2.45, 2.75) is 50.7 Å². The molecule has 1 unspecified atom stereocenters. The van der Waals surface area contributed by atoms with Gasteiger partial charge in [-0.1, -0.05) is 51.5 Å². The smallest absolute Gasteiger partial charge is 0.175 e. The average Bonchev–Trinajstić information content (AvgIpc) is 2.38. The van der Waals surface area contributed by atoms with Crippen molar-refractivity contribution in [3.8, 4) is 0 Å². The largest absolute Gasteiger partial charge is 0.293 e. The van der Waals surface area contributed by atoms with E-state index in [1.54, 1.807) is 0 Å². The maximum Gasteiger partial charge on any atom is 0.175 e. The summed E-state index contributed by atoms with van der Waals surface area (Å²) in [5.74, 6) is 1.45. The van der Waals surface area contributed by atoms with Gasteiger partial charge in [-0.25, -0.2) is 0 Å². The molecule has 98 valence electrons. The van der Waals surface area contributed by atoms with E-state index in [0.717, 1.165) is 17.7 Å². The number of hydrogen-bond donors (Lipinski definition) is 0. The van der Waals surface area contributed by atoms with Crippen molar-refractivity contribution in [3.05, 3.63) is 35.4 Å². The molecule has 0 spiro atoms. The Bertz CT molecular complexity index is 408. The van der Waals surface area contributed by atoms with Gasteiger partial charge in [0, 0.05) is 5.56 Å². The van der Waals surface area contributed by atoms with Crippen molar-refractivity contribution >= 4 is 17.5 Å². The lowest BCUT2D eigenvalue weighted by atomic mass is 9.86. The molecule has 0 amide bonds. The Morgan fingerprint density at radius 1 is 1.17 bits per heavy atom. The fraction of sp³-hybridized carbons (Fsp3) is 0.562. The number of hydrogen-bond acceptors (Lipinski definition) is 2. The van der Waals surface area contributed by atoms with Gasteiger partial charge < -0.3 is 0 Å². The lowest BCUT2D eigenvalue weighted by Crippen LogP contribution is -2.21. The van der Waals surface area contributed by atoms with Crippen molar-refractivity contribution < 1.29 is 4.79 Å². The SMILES string of the molecule is CC(C)(C)c1ccc(C(=O)C2CCCCS2)cc1. The maximum atomic E-state index is 12.3. The molecule has 1 saturated heterocycles. The molecule has 1 aliphatic rings. The molecule has 2 heteroatoms. The van der Waals surface area contributed by atoms with Gasteiger partial charge >= 0.3 is 0 Å². The molecule has 0 saturated carbocycles. The minimum Gasteiger partial charge on any atom is -0.293 e. The topological polar surface area (TPSA) is 17.1 Å². The number of Topliss-reactive ketones (excluding diaryl/α,β-unsaturated/α-hetero) is 1. The summed E-state index contributed by atoms with van der Waals surface area (Å²) < 4.78 is 0. The van der Waals surface area contributed by atoms with E-state index in [-0.39, 0.29) is 10.7 Å². The second-order valence-corrected chi connectivity index (χ2v) is 7.36. The van der Waals surface area contributed by atoms with E-state index < -0.39 is 0 Å². The molecule has 0 radical (unpaired) electrons. The summed E-state index contributed by atoms with van der Waals surface area (Å²) in [7, 11) is 0. The van der Waals surface area contributed by atoms with Crippen LogP contribution < -0.4 is 0 Å². The molecule has 1 fully saturated rings. The second kappa shape index (κ2) is 5.48. The molecule has 1 nitrogen and oxygen atoms in total. The van der Waals surface area contributed by atoms with Gasteiger partial charge in [0.25, 0.3) is 0 Å². The lowest BCUT2D eigenvalue weighted by Gasteiger charge is -2.21. The van der Waals surface area contributed by atoms with E-state index in [0.29, 0.717) is 5.78 Å². The standard InChI is InChI=1S/C16H22OS/c1-16(2,3)13-9-7-12(8-10-13)15(17)14-6-4-5-11-18-14/h7-10,14H,4-6,11H2,1-3H3. The summed E-state index contributed by atoms with van der Waals surface area (Å²) in [5, 5.41) is 0.194. The fourth-order valence-electron chi connectivity index (χ4n) is 2.27. The highest BCUT2D eigenvalue weighted by Crippen LogP contribution is 2.29. The molecule has 18 heavy (non-hydrogen) atoms. The van der Waals surface area contributed by atoms with Crippen LogP contribution in [0.25, 0.3) is 0 Å². The number of benzene rings is 1. The monoisotopic (exact) mass is 262 g/mol. The second-order valence-electron chi connectivity index (χ2n) is 6.05. The summed E-state index contributed by atoms with van der Waals surface area (Å²) in [6.07, 6.45) is 3.51. The zero-order valence-corrected chi connectivity index (χ0v) is 12.3. The molecule has 0 aromatic heterocycles. The van der Waals surface area contributed by atoms with Crippen LogP contribution in [0.3, 0.4) is 0 Å². The van der Waals surface area contributed by atoms with Crippen LogP contribution in [0.2, 0.25) is 0 Å². The number of ketones is 1. The van der Waals surface area contributed by atoms with E-state index >= 15 is 0 Å². The summed E-state index contributed by atoms with van der Waals surface area (Å²) >= 11 is 1.83. The van der Waals surface area contributed by atoms with Crippen molar-refractivity contribution in [2.24, 2.45) is 0 Å². The molecule has 0 N–H and O–H groups in total. The summed E-state index contributed by atoms with van der Waals surface area (Å²) in [6.45, 7) is 6.59. The van der Waals surface area contributed by atoms with Gasteiger partial charge in [0.2, 0.25) is 0 Å². The maximum absolute atomic E-state index is 12.3. The highest BCUT2D eigenvalue weighted by atomic mass is 32.2. The Labute approximate surface area is 114 Å². The molecule has 1 aromatic carbocycles. The van der Waals surface area contributed by atoms with Crippen molar-refractivity contribution in [3.63, 3.8) is 0 Å². The van der Waals surface area contributed by atoms with Gasteiger partial charge in [0.05, 0.1) is 5.25 Å². The Kier molecular flexibility index (Phi) is 4.16. The van der Waals surface area contributed by atoms with E-state index in [1.165, 1.54) is 18.4 Å². The van der Waals surface area contributed by atoms with E-state index in [4.69, 9.17) is 0 Å². The lowest BCUT2D eigenvalue weighted by molar-refractivity contribution is 0.0985. The first-order chi connectivity index (χ1) is 8.48. The van der Waals surface area contributed by atoms with Crippen LogP contribution in [-0.4, -0.2) is 16.8 Å². The van der Waals surface area contributed by atoms with Crippen LogP contribution >= 0.6 is 11.8 Å². The Balaban J connectivity index is 2.11. The minimum atomic E-state index is 0.154. The van der Waals surface area contributed by atoms with Crippen molar-refractivity contribution in [1.82, 2.24) is 0 Å². The van der Waals surface area contributed by atoms with E-state index in [9.17, 15) is 4.79 Å². The first-order valence-electron chi connectivity index (χ1n) is 6.75. The third kappa shape index (κ3) is 3.17. The van der Waals surface area contributed by atoms with Crippen LogP contribution in [0.5, 0.6) is 0 Å². The zero-order valence-electron chi connectivity index (χ0n) is 11.5. The Morgan fingerprint density at radius 3 is 2.33 bits per heavy atom. The first-order valence-corrected chi connectivity index (χ1v) is 7.80. The zero-order chi connectivity index (χ0) is 13.2. The fourth-order valence-corrected chi connectivity index (χ4v) is 3.54. The third-order valence-electron chi connectivity index (χ3n) is 3.51. The first kappa shape index (κ1) is 13.7. The summed E-state index contributed by atoms with van der Waals surface area (Å²) in [5.41, 5.74) is 2.32. The molecule has 1 atom stereocenters. The summed E-state index contributed by atoms with van der Waals surface area (Å²) in [6, 6.07) is 8.19. The van der Waals surface area contributed by atoms with Crippen LogP contribution in [-0.2, 0) is 5.41 Å². The molecular formula is C16H22OS. The highest BCUT2D eigenvalue weighted by molar-refractivity contribution is 8.00. The van der Waals surface area contributed by atoms with Crippen LogP contribution in [0.1, 0.15) is 56.0 Å². The molecule has 2 rings (SSSR count). The van der Waals surface area contributed by atoms with Gasteiger partial charge in [0.15, 0.2) is 5.78 Å². The predicted octanol–water partition coefficient (Wildman–Crippen LogP) is 4.45. The number of thioether (sulfide) groups is 1. The van der Waals surface area contributed by atoms with Crippen LogP contribution in [0, 0.1) is 0 Å². The molecular weight excluding hydrogens is 240 g/mol. The Morgan fingerprint density at radius 2 is 1.83 bits per heavy atom. The highest BCUT2D eigenvalue weighted by Gasteiger charge is 2.23. The van der Waals surface area contributed by atoms with Crippen LogP contribution in [0.15, 0.2) is 24.3 Å². The van der Waals surface area contributed by atoms with Gasteiger partial charge in [-0.3, -0.25) is 4.79 Å². The van der Waals surface area contributed by atoms with Crippen LogP contribution in [0.4, 0.5) is 0 Å². The number of carbonyl (C=O) groups is 1. The average molecular weight is 262 g/mol. The van der Waals surface area contributed by atoms with Crippen molar-refractivity contribution in [2.75, 3.05) is 5.75 Å². The predicted molar refractivity (Wildman–Crippen MR) is 79.6 cm³/mol. The van der Waals surface area contributed by atoms with E-state index in [1.807, 2.05) is 23.9 Å². The van der Waals surface area contributed by atoms with Gasteiger partial charge in [0.1, 0.15) is 0 Å². The Hall–Kier alpha value is -0.760. The molecule has 0 aliphatic carbocycles. The molecule has 1 aromatic rings. The normalized spacial score (nSPS) is 20.7. The number of rotatable bonds is 2. The van der Waals surface area contributed by atoms with Gasteiger partial charge in [-0.2, -0.15) is 11.8 Å². The van der Waals surface area contributed by atoms with E-state index in [2.05, 4.69) is 32.9 Å². The molecule has 0 bridgehead atoms. The number of carbonyl (C=O) groups excluding carboxylic acids is 1. The van der Waals surface area contributed by atoms with Gasteiger partial charge in [-0.05, 0) is 29.6 Å². The van der Waals surface area contributed by atoms with Gasteiger partial charge in [-0.15, -0.1) is 0 Å². The molecule has 1 aliphatic heterocycles. The summed E-state index contributed by atoms with van der Waals surface area (Å²) in [4.78, 5) is 12.3. The minimum absolute atomic E-state index is 0.154. The quantitative estimate of drug-likeness (QED) is 0.732.